The highest BCUT2D eigenvalue weighted by Crippen LogP contribution is 2.34. The average molecular weight is 363 g/mol. The Bertz CT molecular complexity index is 749. The van der Waals surface area contributed by atoms with Crippen LogP contribution in [0.5, 0.6) is 0 Å². The Hall–Kier alpha value is -1.67. The molecule has 25 heavy (non-hydrogen) atoms. The smallest absolute Gasteiger partial charge is 0.358 e. The Kier molecular flexibility index (Phi) is 4.64. The van der Waals surface area contributed by atoms with E-state index >= 15 is 0 Å². The van der Waals surface area contributed by atoms with E-state index in [9.17, 15) is 10.1 Å². The monoisotopic (exact) mass is 363 g/mol. The van der Waals surface area contributed by atoms with Crippen molar-refractivity contribution in [2.24, 2.45) is 11.8 Å². The molecule has 1 unspecified atom stereocenters. The summed E-state index contributed by atoms with van der Waals surface area (Å²) in [6.07, 6.45) is 6.61. The van der Waals surface area contributed by atoms with E-state index in [-0.39, 0.29) is 10.7 Å². The van der Waals surface area contributed by atoms with Gasteiger partial charge in [-0.1, -0.05) is 18.3 Å². The van der Waals surface area contributed by atoms with Crippen LogP contribution < -0.4 is 4.90 Å². The first-order valence-electron chi connectivity index (χ1n) is 9.19. The van der Waals surface area contributed by atoms with Crippen molar-refractivity contribution in [2.75, 3.05) is 37.6 Å². The molecule has 0 spiro atoms. The van der Waals surface area contributed by atoms with Gasteiger partial charge in [0.2, 0.25) is 5.82 Å². The number of nitro groups is 1. The zero-order chi connectivity index (χ0) is 17.4. The van der Waals surface area contributed by atoms with E-state index in [0.717, 1.165) is 32.0 Å². The van der Waals surface area contributed by atoms with Gasteiger partial charge in [-0.05, 0) is 55.5 Å². The molecule has 2 aliphatic rings. The van der Waals surface area contributed by atoms with Crippen LogP contribution >= 0.6 is 11.3 Å². The van der Waals surface area contributed by atoms with Gasteiger partial charge in [-0.2, -0.15) is 9.38 Å². The van der Waals surface area contributed by atoms with Gasteiger partial charge in [0, 0.05) is 25.0 Å². The first kappa shape index (κ1) is 16.8. The van der Waals surface area contributed by atoms with Crippen molar-refractivity contribution >= 4 is 27.9 Å². The molecule has 8 heteroatoms. The zero-order valence-electron chi connectivity index (χ0n) is 14.6. The lowest BCUT2D eigenvalue weighted by molar-refractivity contribution is -0.389. The maximum Gasteiger partial charge on any atom is 0.373 e. The molecule has 2 fully saturated rings. The third-order valence-electron chi connectivity index (χ3n) is 5.60. The molecule has 0 bridgehead atoms. The summed E-state index contributed by atoms with van der Waals surface area (Å²) in [4.78, 5) is 21.3. The molecule has 4 heterocycles. The Morgan fingerprint density at radius 3 is 2.88 bits per heavy atom. The number of hydrogen-bond acceptors (Lipinski definition) is 6. The van der Waals surface area contributed by atoms with Gasteiger partial charge in [0.15, 0.2) is 0 Å². The SMILES string of the molecule is CC1CCN(CC2CCCN(c3nc4sccn4c3[N+](=O)[O-])C2)CC1. The minimum atomic E-state index is -0.294. The van der Waals surface area contributed by atoms with Crippen molar-refractivity contribution in [1.29, 1.82) is 0 Å². The molecule has 4 rings (SSSR count). The molecule has 136 valence electrons. The van der Waals surface area contributed by atoms with Crippen LogP contribution in [-0.2, 0) is 0 Å². The van der Waals surface area contributed by atoms with Gasteiger partial charge in [0.05, 0.1) is 0 Å². The largest absolute Gasteiger partial charge is 0.373 e. The van der Waals surface area contributed by atoms with Gasteiger partial charge in [-0.3, -0.25) is 0 Å². The quantitative estimate of drug-likeness (QED) is 0.616. The molecule has 0 radical (unpaired) electrons. The number of rotatable bonds is 4. The van der Waals surface area contributed by atoms with Crippen LogP contribution in [0.1, 0.15) is 32.6 Å². The maximum atomic E-state index is 11.6. The zero-order valence-corrected chi connectivity index (χ0v) is 15.5. The molecule has 2 aliphatic heterocycles. The van der Waals surface area contributed by atoms with E-state index in [1.807, 2.05) is 5.38 Å². The van der Waals surface area contributed by atoms with E-state index in [1.165, 1.54) is 43.7 Å². The third-order valence-corrected chi connectivity index (χ3v) is 6.36. The number of piperidine rings is 2. The molecule has 2 saturated heterocycles. The Balaban J connectivity index is 1.49. The van der Waals surface area contributed by atoms with Crippen LogP contribution in [0.25, 0.3) is 4.96 Å². The maximum absolute atomic E-state index is 11.6. The fourth-order valence-electron chi connectivity index (χ4n) is 4.16. The van der Waals surface area contributed by atoms with E-state index in [4.69, 9.17) is 0 Å². The Labute approximate surface area is 151 Å². The number of aromatic nitrogens is 2. The highest BCUT2D eigenvalue weighted by Gasteiger charge is 2.32. The summed E-state index contributed by atoms with van der Waals surface area (Å²) in [5.41, 5.74) is 0. The van der Waals surface area contributed by atoms with Crippen molar-refractivity contribution < 1.29 is 4.92 Å². The van der Waals surface area contributed by atoms with Crippen LogP contribution in [0.3, 0.4) is 0 Å². The fourth-order valence-corrected chi connectivity index (χ4v) is 4.86. The third kappa shape index (κ3) is 3.37. The minimum absolute atomic E-state index is 0.115. The van der Waals surface area contributed by atoms with Gasteiger partial charge < -0.3 is 19.9 Å². The van der Waals surface area contributed by atoms with Crippen molar-refractivity contribution in [3.05, 3.63) is 21.7 Å². The Morgan fingerprint density at radius 2 is 2.12 bits per heavy atom. The molecule has 2 aromatic rings. The second kappa shape index (κ2) is 6.92. The van der Waals surface area contributed by atoms with E-state index in [1.54, 1.807) is 10.6 Å². The number of likely N-dealkylation sites (tertiary alicyclic amines) is 1. The number of anilines is 1. The highest BCUT2D eigenvalue weighted by molar-refractivity contribution is 7.15. The molecular formula is C17H25N5O2S. The number of imidazole rings is 1. The number of thiazole rings is 1. The van der Waals surface area contributed by atoms with Crippen LogP contribution in [0.15, 0.2) is 11.6 Å². The lowest BCUT2D eigenvalue weighted by atomic mass is 9.94. The first-order chi connectivity index (χ1) is 12.1. The van der Waals surface area contributed by atoms with Gasteiger partial charge in [-0.25, -0.2) is 0 Å². The van der Waals surface area contributed by atoms with Crippen LogP contribution in [0.2, 0.25) is 0 Å². The van der Waals surface area contributed by atoms with E-state index in [0.29, 0.717) is 16.7 Å². The highest BCUT2D eigenvalue weighted by atomic mass is 32.1. The Morgan fingerprint density at radius 1 is 1.32 bits per heavy atom. The molecule has 7 nitrogen and oxygen atoms in total. The molecule has 0 N–H and O–H groups in total. The van der Waals surface area contributed by atoms with Crippen molar-refractivity contribution in [2.45, 2.75) is 32.6 Å². The van der Waals surface area contributed by atoms with E-state index < -0.39 is 0 Å². The standard InChI is InChI=1S/C17H25N5O2S/c1-13-4-7-19(8-5-13)11-14-3-2-6-20(12-14)15-16(22(23)24)21-9-10-25-17(21)18-15/h9-10,13-14H,2-8,11-12H2,1H3. The van der Waals surface area contributed by atoms with Crippen LogP contribution in [0.4, 0.5) is 11.6 Å². The summed E-state index contributed by atoms with van der Waals surface area (Å²) in [6.45, 7) is 7.56. The fraction of sp³-hybridized carbons (Fsp3) is 0.706. The van der Waals surface area contributed by atoms with Crippen LogP contribution in [0, 0.1) is 22.0 Å². The summed E-state index contributed by atoms with van der Waals surface area (Å²) < 4.78 is 1.61. The molecule has 2 aromatic heterocycles. The van der Waals surface area contributed by atoms with E-state index in [2.05, 4.69) is 21.7 Å². The predicted octanol–water partition coefficient (Wildman–Crippen LogP) is 3.25. The molecular weight excluding hydrogens is 338 g/mol. The van der Waals surface area contributed by atoms with Gasteiger partial charge in [0.25, 0.3) is 4.96 Å². The summed E-state index contributed by atoms with van der Waals surface area (Å²) >= 11 is 1.45. The number of nitrogens with zero attached hydrogens (tertiary/aromatic N) is 5. The topological polar surface area (TPSA) is 66.9 Å². The lowest BCUT2D eigenvalue weighted by Gasteiger charge is -2.37. The first-order valence-corrected chi connectivity index (χ1v) is 10.1. The van der Waals surface area contributed by atoms with Crippen molar-refractivity contribution in [3.63, 3.8) is 0 Å². The van der Waals surface area contributed by atoms with Gasteiger partial charge >= 0.3 is 5.82 Å². The molecule has 0 saturated carbocycles. The normalized spacial score (nSPS) is 23.4. The summed E-state index contributed by atoms with van der Waals surface area (Å²) in [5, 5.41) is 13.4. The van der Waals surface area contributed by atoms with Gasteiger partial charge in [-0.15, -0.1) is 0 Å². The summed E-state index contributed by atoms with van der Waals surface area (Å²) in [6, 6.07) is 0. The van der Waals surface area contributed by atoms with Gasteiger partial charge in [0.1, 0.15) is 6.20 Å². The summed E-state index contributed by atoms with van der Waals surface area (Å²) in [7, 11) is 0. The minimum Gasteiger partial charge on any atom is -0.358 e. The second-order valence-electron chi connectivity index (χ2n) is 7.51. The predicted molar refractivity (Wildman–Crippen MR) is 99.5 cm³/mol. The average Bonchev–Trinajstić information content (AvgIpc) is 3.17. The molecule has 0 amide bonds. The second-order valence-corrected chi connectivity index (χ2v) is 8.38. The molecule has 0 aromatic carbocycles. The lowest BCUT2D eigenvalue weighted by Crippen LogP contribution is -2.43. The van der Waals surface area contributed by atoms with Crippen LogP contribution in [-0.4, -0.2) is 51.9 Å². The van der Waals surface area contributed by atoms with Crippen molar-refractivity contribution in [3.8, 4) is 0 Å². The molecule has 1 atom stereocenters. The van der Waals surface area contributed by atoms with Crippen molar-refractivity contribution in [1.82, 2.24) is 14.3 Å². The number of hydrogen-bond donors (Lipinski definition) is 0. The summed E-state index contributed by atoms with van der Waals surface area (Å²) in [5.74, 6) is 2.08. The number of fused-ring (bicyclic) bond motifs is 1. The molecule has 0 aliphatic carbocycles.